The van der Waals surface area contributed by atoms with Crippen molar-refractivity contribution in [2.45, 2.75) is 31.8 Å². The first-order valence-corrected chi connectivity index (χ1v) is 8.51. The lowest BCUT2D eigenvalue weighted by molar-refractivity contribution is 0.0936. The van der Waals surface area contributed by atoms with Gasteiger partial charge in [-0.3, -0.25) is 9.48 Å². The van der Waals surface area contributed by atoms with Crippen molar-refractivity contribution >= 4 is 33.2 Å². The maximum absolute atomic E-state index is 12.3. The third-order valence-corrected chi connectivity index (χ3v) is 5.30. The fraction of sp³-hybridized carbons (Fsp3) is 0.429. The van der Waals surface area contributed by atoms with Crippen LogP contribution in [-0.2, 0) is 13.0 Å². The van der Waals surface area contributed by atoms with Crippen LogP contribution in [0.15, 0.2) is 22.1 Å². The average molecular weight is 370 g/mol. The van der Waals surface area contributed by atoms with Crippen molar-refractivity contribution in [3.05, 3.63) is 38.3 Å². The topological polar surface area (TPSA) is 67.2 Å². The number of rotatable bonds is 4. The maximum Gasteiger partial charge on any atom is 0.261 e. The summed E-state index contributed by atoms with van der Waals surface area (Å²) in [6, 6.07) is 3.71. The zero-order valence-electron chi connectivity index (χ0n) is 11.4. The van der Waals surface area contributed by atoms with Crippen LogP contribution in [0.3, 0.4) is 0 Å². The van der Waals surface area contributed by atoms with Gasteiger partial charge in [0, 0.05) is 11.3 Å². The zero-order valence-corrected chi connectivity index (χ0v) is 13.8. The van der Waals surface area contributed by atoms with Crippen LogP contribution < -0.4 is 5.32 Å². The van der Waals surface area contributed by atoms with Crippen LogP contribution in [0.1, 0.15) is 39.8 Å². The minimum atomic E-state index is -0.0431. The fourth-order valence-corrected chi connectivity index (χ4v) is 4.01. The standard InChI is InChI=1S/C14H16BrN3O2S/c15-13-5-4-12(21-13)14(20)17-10-2-1-3-11-9(10)8-16-18(11)6-7-19/h4-5,8,10,19H,1-3,6-7H2,(H,17,20). The number of hydrogen-bond acceptors (Lipinski definition) is 4. The molecule has 0 bridgehead atoms. The summed E-state index contributed by atoms with van der Waals surface area (Å²) < 4.78 is 2.79. The molecule has 2 N–H and O–H groups in total. The van der Waals surface area contributed by atoms with Crippen LogP contribution in [0, 0.1) is 0 Å². The summed E-state index contributed by atoms with van der Waals surface area (Å²) in [5.41, 5.74) is 2.21. The molecule has 0 spiro atoms. The van der Waals surface area contributed by atoms with Crippen LogP contribution in [-0.4, -0.2) is 27.4 Å². The molecule has 1 atom stereocenters. The van der Waals surface area contributed by atoms with Gasteiger partial charge in [-0.2, -0.15) is 5.10 Å². The Kier molecular flexibility index (Phi) is 4.42. The molecule has 3 rings (SSSR count). The Balaban J connectivity index is 1.77. The summed E-state index contributed by atoms with van der Waals surface area (Å²) >= 11 is 4.80. The molecule has 1 unspecified atom stereocenters. The second-order valence-corrected chi connectivity index (χ2v) is 7.48. The molecule has 1 amide bonds. The van der Waals surface area contributed by atoms with Crippen LogP contribution >= 0.6 is 27.3 Å². The molecule has 5 nitrogen and oxygen atoms in total. The third-order valence-electron chi connectivity index (χ3n) is 3.68. The van der Waals surface area contributed by atoms with Gasteiger partial charge in [0.25, 0.3) is 5.91 Å². The Labute approximate surface area is 135 Å². The predicted octanol–water partition coefficient (Wildman–Crippen LogP) is 2.51. The molecule has 112 valence electrons. The minimum absolute atomic E-state index is 0.00886. The number of halogens is 1. The van der Waals surface area contributed by atoms with Gasteiger partial charge in [-0.15, -0.1) is 11.3 Å². The van der Waals surface area contributed by atoms with Gasteiger partial charge in [-0.05, 0) is 47.3 Å². The number of aromatic nitrogens is 2. The molecule has 2 heterocycles. The number of carbonyl (C=O) groups excluding carboxylic acids is 1. The smallest absolute Gasteiger partial charge is 0.261 e. The van der Waals surface area contributed by atoms with Crippen molar-refractivity contribution < 1.29 is 9.90 Å². The van der Waals surface area contributed by atoms with E-state index < -0.39 is 0 Å². The second-order valence-electron chi connectivity index (χ2n) is 5.02. The normalized spacial score (nSPS) is 17.5. The number of hydrogen-bond donors (Lipinski definition) is 2. The number of amides is 1. The number of nitrogens with zero attached hydrogens (tertiary/aromatic N) is 2. The number of thiophene rings is 1. The van der Waals surface area contributed by atoms with Crippen LogP contribution in [0.4, 0.5) is 0 Å². The average Bonchev–Trinajstić information content (AvgIpc) is 3.07. The van der Waals surface area contributed by atoms with Crippen molar-refractivity contribution in [3.63, 3.8) is 0 Å². The van der Waals surface area contributed by atoms with E-state index in [0.717, 1.165) is 34.3 Å². The third kappa shape index (κ3) is 3.04. The van der Waals surface area contributed by atoms with E-state index in [2.05, 4.69) is 26.3 Å². The van der Waals surface area contributed by atoms with Crippen molar-refractivity contribution in [3.8, 4) is 0 Å². The van der Waals surface area contributed by atoms with E-state index in [1.807, 2.05) is 23.0 Å². The van der Waals surface area contributed by atoms with Crippen molar-refractivity contribution in [1.29, 1.82) is 0 Å². The van der Waals surface area contributed by atoms with Crippen LogP contribution in [0.2, 0.25) is 0 Å². The largest absolute Gasteiger partial charge is 0.394 e. The molecular formula is C14H16BrN3O2S. The summed E-state index contributed by atoms with van der Waals surface area (Å²) in [4.78, 5) is 13.0. The lowest BCUT2D eigenvalue weighted by Crippen LogP contribution is -2.30. The SMILES string of the molecule is O=C(NC1CCCc2c1cnn2CCO)c1ccc(Br)s1. The number of carbonyl (C=O) groups is 1. The fourth-order valence-electron chi connectivity index (χ4n) is 2.72. The highest BCUT2D eigenvalue weighted by atomic mass is 79.9. The first-order chi connectivity index (χ1) is 10.2. The molecule has 2 aromatic heterocycles. The van der Waals surface area contributed by atoms with Gasteiger partial charge in [-0.25, -0.2) is 0 Å². The van der Waals surface area contributed by atoms with Crippen LogP contribution in [0.25, 0.3) is 0 Å². The molecular weight excluding hydrogens is 354 g/mol. The van der Waals surface area contributed by atoms with Gasteiger partial charge >= 0.3 is 0 Å². The van der Waals surface area contributed by atoms with E-state index >= 15 is 0 Å². The molecule has 2 aromatic rings. The molecule has 0 fully saturated rings. The highest BCUT2D eigenvalue weighted by molar-refractivity contribution is 9.11. The minimum Gasteiger partial charge on any atom is -0.394 e. The summed E-state index contributed by atoms with van der Waals surface area (Å²) in [5, 5.41) is 16.5. The highest BCUT2D eigenvalue weighted by Gasteiger charge is 2.26. The van der Waals surface area contributed by atoms with Gasteiger partial charge in [-0.1, -0.05) is 0 Å². The number of fused-ring (bicyclic) bond motifs is 1. The maximum atomic E-state index is 12.3. The van der Waals surface area contributed by atoms with E-state index in [4.69, 9.17) is 5.11 Å². The van der Waals surface area contributed by atoms with E-state index in [0.29, 0.717) is 11.4 Å². The Bertz CT molecular complexity index is 652. The van der Waals surface area contributed by atoms with Crippen LogP contribution in [0.5, 0.6) is 0 Å². The molecule has 1 aliphatic rings. The quantitative estimate of drug-likeness (QED) is 0.869. The summed E-state index contributed by atoms with van der Waals surface area (Å²) in [7, 11) is 0. The highest BCUT2D eigenvalue weighted by Crippen LogP contribution is 2.30. The van der Waals surface area contributed by atoms with Crippen molar-refractivity contribution in [2.24, 2.45) is 0 Å². The van der Waals surface area contributed by atoms with Gasteiger partial charge in [0.2, 0.25) is 0 Å². The summed E-state index contributed by atoms with van der Waals surface area (Å²) in [6.07, 6.45) is 4.71. The van der Waals surface area contributed by atoms with E-state index in [9.17, 15) is 4.79 Å². The lowest BCUT2D eigenvalue weighted by atomic mass is 9.93. The van der Waals surface area contributed by atoms with Gasteiger partial charge in [0.15, 0.2) is 0 Å². The second kappa shape index (κ2) is 6.29. The monoisotopic (exact) mass is 369 g/mol. The molecule has 0 aromatic carbocycles. The molecule has 0 radical (unpaired) electrons. The molecule has 7 heteroatoms. The Morgan fingerprint density at radius 3 is 3.14 bits per heavy atom. The first-order valence-electron chi connectivity index (χ1n) is 6.90. The number of nitrogens with one attached hydrogen (secondary N) is 1. The lowest BCUT2D eigenvalue weighted by Gasteiger charge is -2.24. The molecule has 0 saturated carbocycles. The Morgan fingerprint density at radius 2 is 2.43 bits per heavy atom. The van der Waals surface area contributed by atoms with E-state index in [1.165, 1.54) is 11.3 Å². The molecule has 0 saturated heterocycles. The zero-order chi connectivity index (χ0) is 14.8. The van der Waals surface area contributed by atoms with Gasteiger partial charge in [0.05, 0.1) is 34.1 Å². The van der Waals surface area contributed by atoms with Gasteiger partial charge < -0.3 is 10.4 Å². The number of aliphatic hydroxyl groups is 1. The van der Waals surface area contributed by atoms with E-state index in [1.54, 1.807) is 0 Å². The van der Waals surface area contributed by atoms with Crippen molar-refractivity contribution in [2.75, 3.05) is 6.61 Å². The number of aliphatic hydroxyl groups excluding tert-OH is 1. The molecule has 21 heavy (non-hydrogen) atoms. The summed E-state index contributed by atoms with van der Waals surface area (Å²) in [5.74, 6) is -0.0431. The van der Waals surface area contributed by atoms with Gasteiger partial charge in [0.1, 0.15) is 0 Å². The Hall–Kier alpha value is -1.18. The summed E-state index contributed by atoms with van der Waals surface area (Å²) in [6.45, 7) is 0.586. The Morgan fingerprint density at radius 1 is 1.57 bits per heavy atom. The molecule has 0 aliphatic heterocycles. The van der Waals surface area contributed by atoms with E-state index in [-0.39, 0.29) is 18.6 Å². The first kappa shape index (κ1) is 14.7. The van der Waals surface area contributed by atoms with Crippen molar-refractivity contribution in [1.82, 2.24) is 15.1 Å². The molecule has 1 aliphatic carbocycles. The predicted molar refractivity (Wildman–Crippen MR) is 84.5 cm³/mol.